The molecule has 6 nitrogen and oxygen atoms in total. The number of nitrogens with zero attached hydrogens (tertiary/aromatic N) is 2. The Hall–Kier alpha value is -2.05. The zero-order valence-electron chi connectivity index (χ0n) is 10.8. The molecular formula is C13H12Cl2N4O2. The van der Waals surface area contributed by atoms with Gasteiger partial charge in [0.15, 0.2) is 10.3 Å². The van der Waals surface area contributed by atoms with Crippen LogP contribution >= 0.6 is 23.2 Å². The topological polar surface area (TPSA) is 90.1 Å². The van der Waals surface area contributed by atoms with Gasteiger partial charge >= 0.3 is 0 Å². The second kappa shape index (κ2) is 7.10. The van der Waals surface area contributed by atoms with Crippen molar-refractivity contribution < 1.29 is 9.53 Å². The maximum absolute atomic E-state index is 11.8. The van der Waals surface area contributed by atoms with Gasteiger partial charge < -0.3 is 15.8 Å². The smallest absolute Gasteiger partial charge is 0.227 e. The SMILES string of the molecule is Nc1ccccc1OCCC(=O)Nc1c(Cl)ncnc1Cl. The molecule has 1 heterocycles. The van der Waals surface area contributed by atoms with E-state index in [4.69, 9.17) is 33.7 Å². The standard InChI is InChI=1S/C13H12Cl2N4O2/c14-12-11(13(15)18-7-17-12)19-10(20)5-6-21-9-4-2-1-3-8(9)16/h1-4,7H,5-6,16H2,(H,19,20). The normalized spacial score (nSPS) is 10.2. The minimum atomic E-state index is -0.317. The third kappa shape index (κ3) is 4.21. The number of aromatic nitrogens is 2. The van der Waals surface area contributed by atoms with Crippen LogP contribution in [0.4, 0.5) is 11.4 Å². The van der Waals surface area contributed by atoms with Crippen molar-refractivity contribution in [1.29, 1.82) is 0 Å². The van der Waals surface area contributed by atoms with Crippen molar-refractivity contribution in [2.45, 2.75) is 6.42 Å². The molecule has 2 rings (SSSR count). The predicted molar refractivity (Wildman–Crippen MR) is 81.6 cm³/mol. The number of halogens is 2. The number of nitrogen functional groups attached to an aromatic ring is 1. The molecule has 0 atom stereocenters. The average Bonchev–Trinajstić information content (AvgIpc) is 2.45. The largest absolute Gasteiger partial charge is 0.491 e. The lowest BCUT2D eigenvalue weighted by atomic mass is 10.3. The summed E-state index contributed by atoms with van der Waals surface area (Å²) in [6.07, 6.45) is 1.32. The molecule has 0 fully saturated rings. The molecule has 0 saturated heterocycles. The fourth-order valence-electron chi connectivity index (χ4n) is 1.52. The Balaban J connectivity index is 1.87. The van der Waals surface area contributed by atoms with Gasteiger partial charge in [-0.1, -0.05) is 35.3 Å². The number of para-hydroxylation sites is 2. The Morgan fingerprint density at radius 3 is 2.57 bits per heavy atom. The van der Waals surface area contributed by atoms with E-state index < -0.39 is 0 Å². The molecule has 0 aliphatic carbocycles. The number of nitrogens with one attached hydrogen (secondary N) is 1. The van der Waals surface area contributed by atoms with E-state index in [1.807, 2.05) is 0 Å². The lowest BCUT2D eigenvalue weighted by Crippen LogP contribution is -2.16. The Kier molecular flexibility index (Phi) is 5.19. The van der Waals surface area contributed by atoms with Crippen molar-refractivity contribution in [1.82, 2.24) is 9.97 Å². The number of nitrogens with two attached hydrogens (primary N) is 1. The van der Waals surface area contributed by atoms with E-state index in [1.165, 1.54) is 6.33 Å². The molecule has 0 aliphatic rings. The van der Waals surface area contributed by atoms with Crippen molar-refractivity contribution in [3.63, 3.8) is 0 Å². The molecule has 0 bridgehead atoms. The van der Waals surface area contributed by atoms with Crippen molar-refractivity contribution >= 4 is 40.5 Å². The second-order valence-electron chi connectivity index (χ2n) is 4.01. The molecule has 0 saturated carbocycles. The fourth-order valence-corrected chi connectivity index (χ4v) is 1.92. The maximum atomic E-state index is 11.8. The minimum Gasteiger partial charge on any atom is -0.491 e. The highest BCUT2D eigenvalue weighted by Crippen LogP contribution is 2.25. The van der Waals surface area contributed by atoms with Gasteiger partial charge in [0.1, 0.15) is 17.8 Å². The third-order valence-corrected chi connectivity index (χ3v) is 3.10. The first kappa shape index (κ1) is 15.3. The van der Waals surface area contributed by atoms with E-state index in [0.717, 1.165) is 0 Å². The fraction of sp³-hybridized carbons (Fsp3) is 0.154. The minimum absolute atomic E-state index is 0.0802. The van der Waals surface area contributed by atoms with Crippen molar-refractivity contribution in [2.75, 3.05) is 17.7 Å². The van der Waals surface area contributed by atoms with Gasteiger partial charge in [-0.25, -0.2) is 9.97 Å². The molecule has 110 valence electrons. The average molecular weight is 327 g/mol. The Bertz CT molecular complexity index is 632. The van der Waals surface area contributed by atoms with Crippen LogP contribution in [-0.4, -0.2) is 22.5 Å². The molecule has 8 heteroatoms. The van der Waals surface area contributed by atoms with E-state index in [9.17, 15) is 4.79 Å². The Morgan fingerprint density at radius 2 is 1.90 bits per heavy atom. The van der Waals surface area contributed by atoms with Gasteiger partial charge in [-0.2, -0.15) is 0 Å². The number of amides is 1. The lowest BCUT2D eigenvalue weighted by molar-refractivity contribution is -0.116. The van der Waals surface area contributed by atoms with Crippen LogP contribution in [0, 0.1) is 0 Å². The quantitative estimate of drug-likeness (QED) is 0.651. The van der Waals surface area contributed by atoms with Gasteiger partial charge in [-0.05, 0) is 12.1 Å². The van der Waals surface area contributed by atoms with E-state index in [2.05, 4.69) is 15.3 Å². The van der Waals surface area contributed by atoms with Crippen molar-refractivity contribution in [3.05, 3.63) is 40.9 Å². The monoisotopic (exact) mass is 326 g/mol. The lowest BCUT2D eigenvalue weighted by Gasteiger charge is -2.09. The number of carbonyl (C=O) groups excluding carboxylic acids is 1. The summed E-state index contributed by atoms with van der Waals surface area (Å²) >= 11 is 11.7. The summed E-state index contributed by atoms with van der Waals surface area (Å²) in [5.74, 6) is 0.215. The zero-order valence-corrected chi connectivity index (χ0v) is 12.4. The van der Waals surface area contributed by atoms with Gasteiger partial charge in [0.2, 0.25) is 5.91 Å². The number of carbonyl (C=O) groups is 1. The summed E-state index contributed by atoms with van der Waals surface area (Å²) in [5.41, 5.74) is 6.42. The van der Waals surface area contributed by atoms with E-state index in [0.29, 0.717) is 11.4 Å². The molecule has 1 aromatic carbocycles. The van der Waals surface area contributed by atoms with E-state index >= 15 is 0 Å². The molecule has 2 aromatic rings. The molecule has 0 radical (unpaired) electrons. The highest BCUT2D eigenvalue weighted by atomic mass is 35.5. The highest BCUT2D eigenvalue weighted by molar-refractivity contribution is 6.38. The molecule has 1 aromatic heterocycles. The number of ether oxygens (including phenoxy) is 1. The summed E-state index contributed by atoms with van der Waals surface area (Å²) in [6, 6.07) is 7.04. The van der Waals surface area contributed by atoms with Gasteiger partial charge in [0, 0.05) is 0 Å². The number of hydrogen-bond donors (Lipinski definition) is 2. The number of anilines is 2. The molecule has 0 aliphatic heterocycles. The second-order valence-corrected chi connectivity index (χ2v) is 4.73. The summed E-state index contributed by atoms with van der Waals surface area (Å²) in [7, 11) is 0. The number of hydrogen-bond acceptors (Lipinski definition) is 5. The van der Waals surface area contributed by atoms with Crippen LogP contribution in [0.5, 0.6) is 5.75 Å². The summed E-state index contributed by atoms with van der Waals surface area (Å²) in [4.78, 5) is 19.3. The molecule has 21 heavy (non-hydrogen) atoms. The van der Waals surface area contributed by atoms with E-state index in [1.54, 1.807) is 24.3 Å². The van der Waals surface area contributed by atoms with Crippen LogP contribution in [-0.2, 0) is 4.79 Å². The maximum Gasteiger partial charge on any atom is 0.227 e. The first-order chi connectivity index (χ1) is 10.1. The summed E-state index contributed by atoms with van der Waals surface area (Å²) in [5, 5.41) is 2.70. The first-order valence-corrected chi connectivity index (χ1v) is 6.76. The summed E-state index contributed by atoms with van der Waals surface area (Å²) in [6.45, 7) is 0.170. The Morgan fingerprint density at radius 1 is 1.24 bits per heavy atom. The van der Waals surface area contributed by atoms with Crippen LogP contribution in [0.2, 0.25) is 10.3 Å². The van der Waals surface area contributed by atoms with Crippen LogP contribution in [0.25, 0.3) is 0 Å². The Labute approximate surface area is 131 Å². The zero-order chi connectivity index (χ0) is 15.2. The highest BCUT2D eigenvalue weighted by Gasteiger charge is 2.12. The van der Waals surface area contributed by atoms with E-state index in [-0.39, 0.29) is 34.9 Å². The molecular weight excluding hydrogens is 315 g/mol. The first-order valence-electron chi connectivity index (χ1n) is 6.01. The van der Waals surface area contributed by atoms with Crippen LogP contribution in [0.15, 0.2) is 30.6 Å². The number of rotatable bonds is 5. The van der Waals surface area contributed by atoms with Gasteiger partial charge in [-0.3, -0.25) is 4.79 Å². The van der Waals surface area contributed by atoms with Gasteiger partial charge in [0.25, 0.3) is 0 Å². The van der Waals surface area contributed by atoms with Gasteiger partial charge in [0.05, 0.1) is 18.7 Å². The predicted octanol–water partition coefficient (Wildman–Crippen LogP) is 2.77. The van der Waals surface area contributed by atoms with Gasteiger partial charge in [-0.15, -0.1) is 0 Å². The number of benzene rings is 1. The summed E-state index contributed by atoms with van der Waals surface area (Å²) < 4.78 is 5.42. The van der Waals surface area contributed by atoms with Crippen LogP contribution in [0.1, 0.15) is 6.42 Å². The van der Waals surface area contributed by atoms with Crippen molar-refractivity contribution in [2.24, 2.45) is 0 Å². The molecule has 1 amide bonds. The molecule has 0 unspecified atom stereocenters. The van der Waals surface area contributed by atoms with Crippen molar-refractivity contribution in [3.8, 4) is 5.75 Å². The molecule has 0 spiro atoms. The van der Waals surface area contributed by atoms with Crippen LogP contribution in [0.3, 0.4) is 0 Å². The van der Waals surface area contributed by atoms with Crippen LogP contribution < -0.4 is 15.8 Å². The molecule has 3 N–H and O–H groups in total. The third-order valence-electron chi connectivity index (χ3n) is 2.52.